The van der Waals surface area contributed by atoms with E-state index in [4.69, 9.17) is 4.42 Å². The van der Waals surface area contributed by atoms with Gasteiger partial charge in [-0.15, -0.1) is 0 Å². The summed E-state index contributed by atoms with van der Waals surface area (Å²) in [5.74, 6) is -0.975. The lowest BCUT2D eigenvalue weighted by Gasteiger charge is -2.07. The van der Waals surface area contributed by atoms with E-state index >= 15 is 0 Å². The van der Waals surface area contributed by atoms with Crippen molar-refractivity contribution in [2.45, 2.75) is 0 Å². The first kappa shape index (κ1) is 16.8. The Hall–Kier alpha value is -2.61. The third kappa shape index (κ3) is 4.68. The van der Waals surface area contributed by atoms with Gasteiger partial charge in [0.15, 0.2) is 10.4 Å². The van der Waals surface area contributed by atoms with Crippen LogP contribution < -0.4 is 16.0 Å². The normalized spacial score (nSPS) is 10.0. The van der Waals surface area contributed by atoms with Crippen molar-refractivity contribution in [3.63, 3.8) is 0 Å². The van der Waals surface area contributed by atoms with Gasteiger partial charge in [0.05, 0.1) is 6.54 Å². The summed E-state index contributed by atoms with van der Waals surface area (Å²) in [5, 5.41) is 7.56. The van der Waals surface area contributed by atoms with Gasteiger partial charge in [-0.25, -0.2) is 0 Å². The van der Waals surface area contributed by atoms with Gasteiger partial charge in [-0.1, -0.05) is 0 Å². The van der Waals surface area contributed by atoms with E-state index in [2.05, 4.69) is 31.9 Å². The minimum atomic E-state index is -0.485. The third-order valence-corrected chi connectivity index (χ3v) is 3.29. The number of benzene rings is 1. The molecule has 1 aromatic heterocycles. The van der Waals surface area contributed by atoms with Gasteiger partial charge in [-0.05, 0) is 52.3 Å². The van der Waals surface area contributed by atoms with Gasteiger partial charge < -0.3 is 20.4 Å². The number of halogens is 1. The maximum absolute atomic E-state index is 11.8. The van der Waals surface area contributed by atoms with E-state index in [1.54, 1.807) is 30.3 Å². The van der Waals surface area contributed by atoms with Gasteiger partial charge in [0.2, 0.25) is 5.91 Å². The Labute approximate surface area is 140 Å². The molecular formula is C15H14BrN3O4. The van der Waals surface area contributed by atoms with E-state index in [1.807, 2.05) is 0 Å². The first-order valence-electron chi connectivity index (χ1n) is 6.65. The lowest BCUT2D eigenvalue weighted by atomic mass is 10.2. The molecule has 2 aromatic rings. The van der Waals surface area contributed by atoms with Crippen molar-refractivity contribution in [2.75, 3.05) is 18.9 Å². The first-order valence-corrected chi connectivity index (χ1v) is 7.44. The van der Waals surface area contributed by atoms with Crippen molar-refractivity contribution in [3.05, 3.63) is 52.4 Å². The number of carbonyl (C=O) groups is 3. The number of anilines is 1. The number of furan rings is 1. The fourth-order valence-electron chi connectivity index (χ4n) is 1.74. The molecule has 7 nitrogen and oxygen atoms in total. The SMILES string of the molecule is CNC(=O)c1ccc(NC(=O)CNC(=O)c2ccc(Br)o2)cc1. The minimum absolute atomic E-state index is 0.111. The molecule has 0 aliphatic rings. The standard InChI is InChI=1S/C15H14BrN3O4/c1-17-14(21)9-2-4-10(5-3-9)19-13(20)8-18-15(22)11-6-7-12(16)23-11/h2-7H,8H2,1H3,(H,17,21)(H,18,22)(H,19,20). The topological polar surface area (TPSA) is 100 Å². The first-order chi connectivity index (χ1) is 11.0. The van der Waals surface area contributed by atoms with Crippen molar-refractivity contribution in [2.24, 2.45) is 0 Å². The fraction of sp³-hybridized carbons (Fsp3) is 0.133. The van der Waals surface area contributed by atoms with Crippen LogP contribution in [0.5, 0.6) is 0 Å². The van der Waals surface area contributed by atoms with E-state index in [0.29, 0.717) is 15.9 Å². The van der Waals surface area contributed by atoms with E-state index in [9.17, 15) is 14.4 Å². The van der Waals surface area contributed by atoms with Crippen molar-refractivity contribution in [3.8, 4) is 0 Å². The molecule has 0 saturated carbocycles. The van der Waals surface area contributed by atoms with Crippen molar-refractivity contribution >= 4 is 39.3 Å². The summed E-state index contributed by atoms with van der Waals surface area (Å²) in [6.07, 6.45) is 0. The van der Waals surface area contributed by atoms with E-state index < -0.39 is 11.8 Å². The second-order valence-corrected chi connectivity index (χ2v) is 5.27. The summed E-state index contributed by atoms with van der Waals surface area (Å²) in [6.45, 7) is -0.200. The molecular weight excluding hydrogens is 366 g/mol. The molecule has 1 aromatic carbocycles. The highest BCUT2D eigenvalue weighted by molar-refractivity contribution is 9.10. The molecule has 0 spiro atoms. The van der Waals surface area contributed by atoms with Crippen LogP contribution in [0.15, 0.2) is 45.5 Å². The molecule has 23 heavy (non-hydrogen) atoms. The second-order valence-electron chi connectivity index (χ2n) is 4.49. The van der Waals surface area contributed by atoms with E-state index in [0.717, 1.165) is 0 Å². The molecule has 1 heterocycles. The van der Waals surface area contributed by atoms with Crippen LogP contribution in [0.2, 0.25) is 0 Å². The summed E-state index contributed by atoms with van der Waals surface area (Å²) in [5.41, 5.74) is 1.01. The van der Waals surface area contributed by atoms with Crippen LogP contribution in [0.3, 0.4) is 0 Å². The molecule has 3 amide bonds. The molecule has 3 N–H and O–H groups in total. The number of nitrogens with one attached hydrogen (secondary N) is 3. The summed E-state index contributed by atoms with van der Waals surface area (Å²) >= 11 is 3.09. The van der Waals surface area contributed by atoms with Crippen molar-refractivity contribution in [1.82, 2.24) is 10.6 Å². The Morgan fingerprint density at radius 3 is 2.30 bits per heavy atom. The third-order valence-electron chi connectivity index (χ3n) is 2.86. The van der Waals surface area contributed by atoms with Gasteiger partial charge in [0.1, 0.15) is 0 Å². The Morgan fingerprint density at radius 2 is 1.74 bits per heavy atom. The highest BCUT2D eigenvalue weighted by Gasteiger charge is 2.12. The van der Waals surface area contributed by atoms with Crippen LogP contribution in [0.4, 0.5) is 5.69 Å². The Morgan fingerprint density at radius 1 is 1.04 bits per heavy atom. The van der Waals surface area contributed by atoms with Gasteiger partial charge in [0, 0.05) is 18.3 Å². The monoisotopic (exact) mass is 379 g/mol. The van der Waals surface area contributed by atoms with Gasteiger partial charge in [-0.3, -0.25) is 14.4 Å². The average molecular weight is 380 g/mol. The van der Waals surface area contributed by atoms with Crippen LogP contribution >= 0.6 is 15.9 Å². The molecule has 0 saturated heterocycles. The molecule has 0 aliphatic carbocycles. The summed E-state index contributed by atoms with van der Waals surface area (Å²) in [4.78, 5) is 34.9. The summed E-state index contributed by atoms with van der Waals surface area (Å²) in [7, 11) is 1.54. The van der Waals surface area contributed by atoms with Crippen molar-refractivity contribution in [1.29, 1.82) is 0 Å². The fourth-order valence-corrected chi connectivity index (χ4v) is 2.05. The maximum Gasteiger partial charge on any atom is 0.287 e. The molecule has 2 rings (SSSR count). The van der Waals surface area contributed by atoms with Crippen LogP contribution in [-0.4, -0.2) is 31.3 Å². The number of hydrogen-bond donors (Lipinski definition) is 3. The van der Waals surface area contributed by atoms with Crippen molar-refractivity contribution < 1.29 is 18.8 Å². The Balaban J connectivity index is 1.85. The zero-order chi connectivity index (χ0) is 16.8. The highest BCUT2D eigenvalue weighted by Crippen LogP contribution is 2.13. The predicted molar refractivity (Wildman–Crippen MR) is 87.2 cm³/mol. The predicted octanol–water partition coefficient (Wildman–Crippen LogP) is 1.77. The largest absolute Gasteiger partial charge is 0.444 e. The van der Waals surface area contributed by atoms with Gasteiger partial charge in [-0.2, -0.15) is 0 Å². The zero-order valence-electron chi connectivity index (χ0n) is 12.2. The highest BCUT2D eigenvalue weighted by atomic mass is 79.9. The number of carbonyl (C=O) groups excluding carboxylic acids is 3. The minimum Gasteiger partial charge on any atom is -0.444 e. The number of rotatable bonds is 5. The molecule has 0 fully saturated rings. The van der Waals surface area contributed by atoms with Crippen LogP contribution in [0, 0.1) is 0 Å². The lowest BCUT2D eigenvalue weighted by Crippen LogP contribution is -2.32. The quantitative estimate of drug-likeness (QED) is 0.736. The van der Waals surface area contributed by atoms with Crippen LogP contribution in [-0.2, 0) is 4.79 Å². The molecule has 8 heteroatoms. The Bertz CT molecular complexity index is 725. The summed E-state index contributed by atoms with van der Waals surface area (Å²) in [6, 6.07) is 9.47. The number of hydrogen-bond acceptors (Lipinski definition) is 4. The second kappa shape index (κ2) is 7.59. The Kier molecular flexibility index (Phi) is 5.53. The number of amides is 3. The molecule has 120 valence electrons. The smallest absolute Gasteiger partial charge is 0.287 e. The molecule has 0 bridgehead atoms. The van der Waals surface area contributed by atoms with E-state index in [1.165, 1.54) is 13.1 Å². The molecule has 0 aliphatic heterocycles. The summed E-state index contributed by atoms with van der Waals surface area (Å²) < 4.78 is 5.51. The molecule has 0 unspecified atom stereocenters. The molecule has 0 atom stereocenters. The average Bonchev–Trinajstić information content (AvgIpc) is 2.99. The zero-order valence-corrected chi connectivity index (χ0v) is 13.8. The maximum atomic E-state index is 11.8. The van der Waals surface area contributed by atoms with Crippen LogP contribution in [0.1, 0.15) is 20.9 Å². The van der Waals surface area contributed by atoms with Gasteiger partial charge in [0.25, 0.3) is 11.8 Å². The lowest BCUT2D eigenvalue weighted by molar-refractivity contribution is -0.115. The van der Waals surface area contributed by atoms with E-state index in [-0.39, 0.29) is 18.2 Å². The molecule has 0 radical (unpaired) electrons. The van der Waals surface area contributed by atoms with Gasteiger partial charge >= 0.3 is 0 Å². The van der Waals surface area contributed by atoms with Crippen LogP contribution in [0.25, 0.3) is 0 Å².